The Balaban J connectivity index is 1.81. The van der Waals surface area contributed by atoms with Crippen molar-refractivity contribution in [1.82, 2.24) is 4.98 Å². The van der Waals surface area contributed by atoms with Crippen LogP contribution in [0.15, 0.2) is 18.2 Å². The Bertz CT molecular complexity index is 348. The van der Waals surface area contributed by atoms with Crippen LogP contribution in [0.2, 0.25) is 0 Å². The Hall–Kier alpha value is -1.29. The number of hydrogen-bond acceptors (Lipinski definition) is 4. The zero-order valence-corrected chi connectivity index (χ0v) is 10.4. The highest BCUT2D eigenvalue weighted by Crippen LogP contribution is 2.23. The zero-order valence-electron chi connectivity index (χ0n) is 10.4. The van der Waals surface area contributed by atoms with E-state index in [0.29, 0.717) is 11.9 Å². The third-order valence-electron chi connectivity index (χ3n) is 3.40. The lowest BCUT2D eigenvalue weighted by Crippen LogP contribution is -2.29. The average molecular weight is 235 g/mol. The molecule has 1 saturated carbocycles. The number of pyridine rings is 1. The lowest BCUT2D eigenvalue weighted by Gasteiger charge is -2.26. The fraction of sp³-hybridized carbons (Fsp3) is 0.615. The first kappa shape index (κ1) is 12.2. The molecule has 17 heavy (non-hydrogen) atoms. The van der Waals surface area contributed by atoms with E-state index >= 15 is 0 Å². The van der Waals surface area contributed by atoms with Crippen LogP contribution in [0, 0.1) is 5.92 Å². The Morgan fingerprint density at radius 1 is 1.35 bits per heavy atom. The molecule has 0 aliphatic heterocycles. The Morgan fingerprint density at radius 2 is 2.12 bits per heavy atom. The molecule has 0 amide bonds. The fourth-order valence-corrected chi connectivity index (χ4v) is 2.27. The maximum atomic E-state index is 5.89. The number of nitrogens with two attached hydrogens (primary N) is 1. The molecule has 1 aliphatic rings. The van der Waals surface area contributed by atoms with Crippen LogP contribution in [-0.4, -0.2) is 24.7 Å². The second kappa shape index (κ2) is 5.87. The fourth-order valence-electron chi connectivity index (χ4n) is 2.27. The van der Waals surface area contributed by atoms with E-state index in [1.165, 1.54) is 12.8 Å². The van der Waals surface area contributed by atoms with Crippen molar-refractivity contribution >= 4 is 5.82 Å². The van der Waals surface area contributed by atoms with Crippen LogP contribution in [0.25, 0.3) is 0 Å². The normalized spacial score (nSPS) is 24.4. The zero-order chi connectivity index (χ0) is 12.1. The van der Waals surface area contributed by atoms with Gasteiger partial charge in [-0.3, -0.25) is 0 Å². The van der Waals surface area contributed by atoms with Gasteiger partial charge in [0, 0.05) is 18.7 Å². The van der Waals surface area contributed by atoms with Crippen molar-refractivity contribution < 1.29 is 4.74 Å². The molecule has 4 heteroatoms. The second-order valence-electron chi connectivity index (χ2n) is 4.73. The van der Waals surface area contributed by atoms with Crippen molar-refractivity contribution in [2.24, 2.45) is 11.7 Å². The van der Waals surface area contributed by atoms with Crippen LogP contribution in [0.3, 0.4) is 0 Å². The maximum Gasteiger partial charge on any atom is 0.214 e. The molecular weight excluding hydrogens is 214 g/mol. The van der Waals surface area contributed by atoms with Gasteiger partial charge >= 0.3 is 0 Å². The van der Waals surface area contributed by atoms with Crippen LogP contribution in [0.5, 0.6) is 5.88 Å². The highest BCUT2D eigenvalue weighted by Gasteiger charge is 2.18. The number of hydrogen-bond donors (Lipinski definition) is 2. The number of anilines is 1. The highest BCUT2D eigenvalue weighted by molar-refractivity contribution is 5.36. The summed E-state index contributed by atoms with van der Waals surface area (Å²) in [7, 11) is 1.63. The molecule has 0 saturated heterocycles. The molecule has 94 valence electrons. The van der Waals surface area contributed by atoms with E-state index in [4.69, 9.17) is 10.5 Å². The van der Waals surface area contributed by atoms with Crippen LogP contribution >= 0.6 is 0 Å². The first-order chi connectivity index (χ1) is 8.28. The summed E-state index contributed by atoms with van der Waals surface area (Å²) < 4.78 is 5.09. The van der Waals surface area contributed by atoms with Gasteiger partial charge in [0.05, 0.1) is 7.11 Å². The van der Waals surface area contributed by atoms with E-state index in [1.54, 1.807) is 7.11 Å². The van der Waals surface area contributed by atoms with E-state index in [9.17, 15) is 0 Å². The van der Waals surface area contributed by atoms with E-state index in [1.807, 2.05) is 18.2 Å². The largest absolute Gasteiger partial charge is 0.481 e. The van der Waals surface area contributed by atoms with Crippen molar-refractivity contribution in [2.75, 3.05) is 19.0 Å². The summed E-state index contributed by atoms with van der Waals surface area (Å²) in [5.41, 5.74) is 5.89. The van der Waals surface area contributed by atoms with Crippen LogP contribution in [-0.2, 0) is 0 Å². The van der Waals surface area contributed by atoms with E-state index in [0.717, 1.165) is 31.1 Å². The number of ether oxygens (including phenoxy) is 1. The smallest absolute Gasteiger partial charge is 0.214 e. The average Bonchev–Trinajstić information content (AvgIpc) is 2.38. The molecule has 4 nitrogen and oxygen atoms in total. The quantitative estimate of drug-likeness (QED) is 0.838. The van der Waals surface area contributed by atoms with E-state index in [2.05, 4.69) is 10.3 Å². The molecule has 0 aromatic carbocycles. The van der Waals surface area contributed by atoms with Crippen molar-refractivity contribution in [3.05, 3.63) is 18.2 Å². The van der Waals surface area contributed by atoms with Crippen molar-refractivity contribution in [3.63, 3.8) is 0 Å². The van der Waals surface area contributed by atoms with Crippen molar-refractivity contribution in [3.8, 4) is 5.88 Å². The summed E-state index contributed by atoms with van der Waals surface area (Å²) in [6, 6.07) is 6.19. The predicted molar refractivity (Wildman–Crippen MR) is 69.2 cm³/mol. The van der Waals surface area contributed by atoms with Gasteiger partial charge in [0.15, 0.2) is 0 Å². The predicted octanol–water partition coefficient (Wildman–Crippen LogP) is 2.02. The summed E-state index contributed by atoms with van der Waals surface area (Å²) in [5, 5.41) is 3.37. The number of nitrogens with zero attached hydrogens (tertiary/aromatic N) is 1. The van der Waals surface area contributed by atoms with Crippen LogP contribution < -0.4 is 15.8 Å². The van der Waals surface area contributed by atoms with Gasteiger partial charge in [-0.2, -0.15) is 4.98 Å². The number of aromatic nitrogens is 1. The first-order valence-electron chi connectivity index (χ1n) is 6.28. The Morgan fingerprint density at radius 3 is 2.82 bits per heavy atom. The lowest BCUT2D eigenvalue weighted by molar-refractivity contribution is 0.338. The molecular formula is C13H21N3O. The third kappa shape index (κ3) is 3.60. The molecule has 1 heterocycles. The topological polar surface area (TPSA) is 60.2 Å². The van der Waals surface area contributed by atoms with Crippen molar-refractivity contribution in [1.29, 1.82) is 0 Å². The first-order valence-corrected chi connectivity index (χ1v) is 6.28. The minimum atomic E-state index is 0.418. The van der Waals surface area contributed by atoms with Gasteiger partial charge in [-0.25, -0.2) is 0 Å². The summed E-state index contributed by atoms with van der Waals surface area (Å²) >= 11 is 0. The van der Waals surface area contributed by atoms with Gasteiger partial charge in [0.2, 0.25) is 5.88 Å². The minimum absolute atomic E-state index is 0.418. The Kier molecular flexibility index (Phi) is 4.20. The molecule has 0 atom stereocenters. The standard InChI is InChI=1S/C13H21N3O/c1-17-13-4-2-3-12(16-13)15-9-10-5-7-11(14)8-6-10/h2-4,10-11H,5-9,14H2,1H3,(H,15,16). The molecule has 0 spiro atoms. The monoisotopic (exact) mass is 235 g/mol. The van der Waals surface area contributed by atoms with Gasteiger partial charge in [0.1, 0.15) is 5.82 Å². The van der Waals surface area contributed by atoms with Crippen molar-refractivity contribution in [2.45, 2.75) is 31.7 Å². The second-order valence-corrected chi connectivity index (χ2v) is 4.73. The van der Waals surface area contributed by atoms with Gasteiger partial charge in [-0.15, -0.1) is 0 Å². The molecule has 1 aromatic heterocycles. The summed E-state index contributed by atoms with van der Waals surface area (Å²) in [6.45, 7) is 0.979. The minimum Gasteiger partial charge on any atom is -0.481 e. The molecule has 1 aliphatic carbocycles. The van der Waals surface area contributed by atoms with E-state index in [-0.39, 0.29) is 0 Å². The SMILES string of the molecule is COc1cccc(NCC2CCC(N)CC2)n1. The van der Waals surface area contributed by atoms with Crippen LogP contribution in [0.1, 0.15) is 25.7 Å². The maximum absolute atomic E-state index is 5.89. The summed E-state index contributed by atoms with van der Waals surface area (Å²) in [5.74, 6) is 2.27. The molecule has 0 radical (unpaired) electrons. The van der Waals surface area contributed by atoms with Crippen LogP contribution in [0.4, 0.5) is 5.82 Å². The number of rotatable bonds is 4. The van der Waals surface area contributed by atoms with Gasteiger partial charge in [0.25, 0.3) is 0 Å². The number of nitrogens with one attached hydrogen (secondary N) is 1. The van der Waals surface area contributed by atoms with Gasteiger partial charge < -0.3 is 15.8 Å². The number of methoxy groups -OCH3 is 1. The molecule has 1 fully saturated rings. The molecule has 0 bridgehead atoms. The summed E-state index contributed by atoms with van der Waals surface area (Å²) in [6.07, 6.45) is 4.74. The highest BCUT2D eigenvalue weighted by atomic mass is 16.5. The van der Waals surface area contributed by atoms with Gasteiger partial charge in [-0.1, -0.05) is 6.07 Å². The van der Waals surface area contributed by atoms with E-state index < -0.39 is 0 Å². The third-order valence-corrected chi connectivity index (χ3v) is 3.40. The molecule has 1 aromatic rings. The Labute approximate surface area is 103 Å². The summed E-state index contributed by atoms with van der Waals surface area (Å²) in [4.78, 5) is 4.33. The molecule has 2 rings (SSSR count). The molecule has 3 N–H and O–H groups in total. The van der Waals surface area contributed by atoms with Gasteiger partial charge in [-0.05, 0) is 37.7 Å². The lowest BCUT2D eigenvalue weighted by atomic mass is 9.86. The molecule has 0 unspecified atom stereocenters.